The lowest BCUT2D eigenvalue weighted by molar-refractivity contribution is 0.246. The lowest BCUT2D eigenvalue weighted by Crippen LogP contribution is -2.46. The summed E-state index contributed by atoms with van der Waals surface area (Å²) in [6.07, 6.45) is 0. The SMILES string of the molecule is Nc1nc(N2CCN(Cc3cccc(Cl)c3F)CC2)cc(=O)[nH]1. The molecule has 0 unspecified atom stereocenters. The average Bonchev–Trinajstić information content (AvgIpc) is 2.52. The van der Waals surface area contributed by atoms with E-state index in [1.807, 2.05) is 4.90 Å². The number of aromatic nitrogens is 2. The van der Waals surface area contributed by atoms with Gasteiger partial charge in [0, 0.05) is 44.4 Å². The lowest BCUT2D eigenvalue weighted by atomic mass is 10.2. The Morgan fingerprint density at radius 1 is 1.30 bits per heavy atom. The van der Waals surface area contributed by atoms with Gasteiger partial charge in [0.05, 0.1) is 5.02 Å². The van der Waals surface area contributed by atoms with Crippen LogP contribution in [-0.2, 0) is 6.54 Å². The molecule has 0 aliphatic carbocycles. The van der Waals surface area contributed by atoms with E-state index < -0.39 is 0 Å². The van der Waals surface area contributed by atoms with Crippen molar-refractivity contribution >= 4 is 23.4 Å². The number of nitrogen functional groups attached to an aromatic ring is 1. The number of nitrogens with one attached hydrogen (secondary N) is 1. The largest absolute Gasteiger partial charge is 0.369 e. The third-order valence-corrected chi connectivity index (χ3v) is 4.16. The summed E-state index contributed by atoms with van der Waals surface area (Å²) < 4.78 is 14.0. The number of anilines is 2. The number of hydrogen-bond acceptors (Lipinski definition) is 5. The van der Waals surface area contributed by atoms with E-state index in [4.69, 9.17) is 17.3 Å². The molecule has 1 saturated heterocycles. The van der Waals surface area contributed by atoms with E-state index in [0.717, 1.165) is 13.1 Å². The predicted octanol–water partition coefficient (Wildman–Crippen LogP) is 1.47. The first-order valence-electron chi connectivity index (χ1n) is 7.30. The molecule has 0 spiro atoms. The zero-order valence-electron chi connectivity index (χ0n) is 12.4. The highest BCUT2D eigenvalue weighted by atomic mass is 35.5. The molecule has 1 aliphatic heterocycles. The molecule has 0 saturated carbocycles. The van der Waals surface area contributed by atoms with E-state index in [-0.39, 0.29) is 22.3 Å². The second-order valence-corrected chi connectivity index (χ2v) is 5.87. The van der Waals surface area contributed by atoms with E-state index in [0.29, 0.717) is 31.0 Å². The highest BCUT2D eigenvalue weighted by Gasteiger charge is 2.20. The van der Waals surface area contributed by atoms with Crippen molar-refractivity contribution in [3.05, 3.63) is 51.0 Å². The fourth-order valence-corrected chi connectivity index (χ4v) is 2.87. The topological polar surface area (TPSA) is 78.2 Å². The summed E-state index contributed by atoms with van der Waals surface area (Å²) in [6.45, 7) is 3.36. The second-order valence-electron chi connectivity index (χ2n) is 5.46. The number of nitrogens with two attached hydrogens (primary N) is 1. The van der Waals surface area contributed by atoms with Crippen LogP contribution in [0.3, 0.4) is 0 Å². The van der Waals surface area contributed by atoms with Crippen LogP contribution < -0.4 is 16.2 Å². The summed E-state index contributed by atoms with van der Waals surface area (Å²) >= 11 is 5.81. The number of nitrogens with zero attached hydrogens (tertiary/aromatic N) is 3. The van der Waals surface area contributed by atoms with Gasteiger partial charge in [-0.2, -0.15) is 4.98 Å². The first-order valence-corrected chi connectivity index (χ1v) is 7.68. The molecule has 1 aromatic carbocycles. The second kappa shape index (κ2) is 6.55. The first kappa shape index (κ1) is 15.8. The van der Waals surface area contributed by atoms with Gasteiger partial charge in [-0.05, 0) is 6.07 Å². The van der Waals surface area contributed by atoms with Crippen molar-refractivity contribution in [1.29, 1.82) is 0 Å². The molecule has 23 heavy (non-hydrogen) atoms. The van der Waals surface area contributed by atoms with Gasteiger partial charge in [0.1, 0.15) is 11.6 Å². The van der Waals surface area contributed by atoms with Gasteiger partial charge in [-0.15, -0.1) is 0 Å². The maximum absolute atomic E-state index is 14.0. The Morgan fingerprint density at radius 2 is 2.04 bits per heavy atom. The van der Waals surface area contributed by atoms with Crippen LogP contribution in [-0.4, -0.2) is 41.0 Å². The first-order chi connectivity index (χ1) is 11.0. The summed E-state index contributed by atoms with van der Waals surface area (Å²) in [6, 6.07) is 6.47. The van der Waals surface area contributed by atoms with Crippen LogP contribution >= 0.6 is 11.6 Å². The van der Waals surface area contributed by atoms with E-state index in [2.05, 4.69) is 14.9 Å². The minimum absolute atomic E-state index is 0.107. The normalized spacial score (nSPS) is 15.8. The van der Waals surface area contributed by atoms with Gasteiger partial charge in [-0.3, -0.25) is 14.7 Å². The van der Waals surface area contributed by atoms with Gasteiger partial charge in [0.25, 0.3) is 5.56 Å². The Labute approximate surface area is 137 Å². The van der Waals surface area contributed by atoms with E-state index in [9.17, 15) is 9.18 Å². The number of hydrogen-bond donors (Lipinski definition) is 2. The van der Waals surface area contributed by atoms with E-state index in [1.54, 1.807) is 18.2 Å². The van der Waals surface area contributed by atoms with Crippen LogP contribution in [0.4, 0.5) is 16.2 Å². The molecule has 122 valence electrons. The Balaban J connectivity index is 1.64. The third kappa shape index (κ3) is 3.62. The Kier molecular flexibility index (Phi) is 4.49. The van der Waals surface area contributed by atoms with Gasteiger partial charge in [-0.1, -0.05) is 23.7 Å². The van der Waals surface area contributed by atoms with Crippen LogP contribution in [0.2, 0.25) is 5.02 Å². The molecular weight excluding hydrogens is 321 g/mol. The molecule has 2 heterocycles. The predicted molar refractivity (Wildman–Crippen MR) is 88.2 cm³/mol. The molecule has 1 aromatic heterocycles. The Hall–Kier alpha value is -2.12. The van der Waals surface area contributed by atoms with Gasteiger partial charge in [-0.25, -0.2) is 4.39 Å². The standard InChI is InChI=1S/C15H17ClFN5O/c16-11-3-1-2-10(14(11)17)9-21-4-6-22(7-5-21)12-8-13(23)20-15(18)19-12/h1-3,8H,4-7,9H2,(H3,18,19,20,23). The molecular formula is C15H17ClFN5O. The Morgan fingerprint density at radius 3 is 2.74 bits per heavy atom. The third-order valence-electron chi connectivity index (χ3n) is 3.87. The minimum atomic E-state index is -0.361. The zero-order valence-corrected chi connectivity index (χ0v) is 13.2. The molecule has 1 aliphatic rings. The fraction of sp³-hybridized carbons (Fsp3) is 0.333. The molecule has 8 heteroatoms. The molecule has 1 fully saturated rings. The van der Waals surface area contributed by atoms with Gasteiger partial charge in [0.2, 0.25) is 5.95 Å². The number of H-pyrrole nitrogens is 1. The highest BCUT2D eigenvalue weighted by molar-refractivity contribution is 6.30. The number of halogens is 2. The van der Waals surface area contributed by atoms with Crippen molar-refractivity contribution in [3.8, 4) is 0 Å². The quantitative estimate of drug-likeness (QED) is 0.886. The van der Waals surface area contributed by atoms with Crippen molar-refractivity contribution < 1.29 is 4.39 Å². The van der Waals surface area contributed by atoms with E-state index >= 15 is 0 Å². The maximum Gasteiger partial charge on any atom is 0.254 e. The zero-order chi connectivity index (χ0) is 16.4. The number of aromatic amines is 1. The fourth-order valence-electron chi connectivity index (χ4n) is 2.67. The molecule has 6 nitrogen and oxygen atoms in total. The van der Waals surface area contributed by atoms with Crippen molar-refractivity contribution in [2.24, 2.45) is 0 Å². The number of rotatable bonds is 3. The van der Waals surface area contributed by atoms with Gasteiger partial charge in [0.15, 0.2) is 0 Å². The van der Waals surface area contributed by atoms with Crippen LogP contribution in [0.5, 0.6) is 0 Å². The molecule has 3 rings (SSSR count). The summed E-state index contributed by atoms with van der Waals surface area (Å²) in [5.74, 6) is 0.316. The van der Waals surface area contributed by atoms with Crippen LogP contribution in [0.1, 0.15) is 5.56 Å². The monoisotopic (exact) mass is 337 g/mol. The molecule has 2 aromatic rings. The maximum atomic E-state index is 14.0. The smallest absolute Gasteiger partial charge is 0.254 e. The molecule has 3 N–H and O–H groups in total. The average molecular weight is 338 g/mol. The van der Waals surface area contributed by atoms with Crippen molar-refractivity contribution in [1.82, 2.24) is 14.9 Å². The van der Waals surface area contributed by atoms with E-state index in [1.165, 1.54) is 6.07 Å². The highest BCUT2D eigenvalue weighted by Crippen LogP contribution is 2.20. The molecule has 0 bridgehead atoms. The van der Waals surface area contributed by atoms with Crippen molar-refractivity contribution in [2.45, 2.75) is 6.54 Å². The molecule has 0 amide bonds. The minimum Gasteiger partial charge on any atom is -0.369 e. The number of benzene rings is 1. The van der Waals surface area contributed by atoms with Crippen LogP contribution in [0.25, 0.3) is 0 Å². The van der Waals surface area contributed by atoms with Crippen LogP contribution in [0.15, 0.2) is 29.1 Å². The lowest BCUT2D eigenvalue weighted by Gasteiger charge is -2.35. The summed E-state index contributed by atoms with van der Waals surface area (Å²) in [4.78, 5) is 22.2. The Bertz CT molecular complexity index is 758. The molecule has 0 radical (unpaired) electrons. The summed E-state index contributed by atoms with van der Waals surface area (Å²) in [5.41, 5.74) is 5.89. The van der Waals surface area contributed by atoms with Gasteiger partial charge >= 0.3 is 0 Å². The summed E-state index contributed by atoms with van der Waals surface area (Å²) in [7, 11) is 0. The van der Waals surface area contributed by atoms with Crippen LogP contribution in [0, 0.1) is 5.82 Å². The molecule has 0 atom stereocenters. The number of piperazine rings is 1. The summed E-state index contributed by atoms with van der Waals surface area (Å²) in [5, 5.41) is 0.143. The van der Waals surface area contributed by atoms with Crippen molar-refractivity contribution in [2.75, 3.05) is 36.8 Å². The van der Waals surface area contributed by atoms with Crippen molar-refractivity contribution in [3.63, 3.8) is 0 Å². The van der Waals surface area contributed by atoms with Gasteiger partial charge < -0.3 is 10.6 Å².